The highest BCUT2D eigenvalue weighted by Gasteiger charge is 2.59. The molecule has 5 nitrogen and oxygen atoms in total. The van der Waals surface area contributed by atoms with Gasteiger partial charge in [0.1, 0.15) is 12.4 Å². The molecular formula is C30H32N2O3. The molecule has 1 spiro atoms. The zero-order valence-electron chi connectivity index (χ0n) is 20.5. The molecule has 2 aliphatic rings. The van der Waals surface area contributed by atoms with Gasteiger partial charge in [0.25, 0.3) is 0 Å². The van der Waals surface area contributed by atoms with Crippen LogP contribution in [0.15, 0.2) is 61.3 Å². The molecule has 1 aliphatic carbocycles. The molecule has 5 heteroatoms. The van der Waals surface area contributed by atoms with Gasteiger partial charge in [-0.3, -0.25) is 4.98 Å². The van der Waals surface area contributed by atoms with E-state index in [0.717, 1.165) is 36.2 Å². The third-order valence-electron chi connectivity index (χ3n) is 8.06. The SMILES string of the molecule is C=C[C@H]1CN(C(=O)OCc2cc#ccc2)CCC12CC2CC(C)c1ccnc2ccc(OC)cc12. The van der Waals surface area contributed by atoms with Crippen LogP contribution in [0.2, 0.25) is 0 Å². The third kappa shape index (κ3) is 4.58. The summed E-state index contributed by atoms with van der Waals surface area (Å²) in [6.45, 7) is 8.12. The summed E-state index contributed by atoms with van der Waals surface area (Å²) in [7, 11) is 1.70. The quantitative estimate of drug-likeness (QED) is 0.388. The fourth-order valence-electron chi connectivity index (χ4n) is 5.95. The summed E-state index contributed by atoms with van der Waals surface area (Å²) in [4.78, 5) is 19.1. The number of piperidine rings is 1. The Hall–Kier alpha value is -3.52. The largest absolute Gasteiger partial charge is 0.497 e. The van der Waals surface area contributed by atoms with E-state index in [4.69, 9.17) is 9.47 Å². The number of benzene rings is 1. The summed E-state index contributed by atoms with van der Waals surface area (Å²) in [5.74, 6) is 2.18. The van der Waals surface area contributed by atoms with Crippen molar-refractivity contribution in [3.63, 3.8) is 0 Å². The first-order chi connectivity index (χ1) is 17.0. The molecule has 1 saturated heterocycles. The number of rotatable bonds is 7. The first-order valence-electron chi connectivity index (χ1n) is 12.4. The minimum absolute atomic E-state index is 0.248. The van der Waals surface area contributed by atoms with Crippen molar-refractivity contribution in [3.05, 3.63) is 84.6 Å². The monoisotopic (exact) mass is 468 g/mol. The summed E-state index contributed by atoms with van der Waals surface area (Å²) < 4.78 is 11.0. The zero-order valence-corrected chi connectivity index (χ0v) is 20.5. The maximum atomic E-state index is 12.7. The number of pyridine rings is 1. The van der Waals surface area contributed by atoms with Crippen LogP contribution in [0.3, 0.4) is 0 Å². The standard InChI is InChI=1S/C30H32N2O3/c1-4-23-19-32(29(33)35-20-22-8-6-5-7-9-22)15-13-30(23)18-24(30)16-21(2)26-12-14-31-28-11-10-25(34-3)17-27(26)28/h4,6,8-12,14,17,21,23-24H,1,13,15-16,18-20H2,2-3H3/t21?,23-,24?,30?/m0/s1. The number of hydrogen-bond donors (Lipinski definition) is 0. The minimum atomic E-state index is -0.248. The lowest BCUT2D eigenvalue weighted by Crippen LogP contribution is -2.45. The Morgan fingerprint density at radius 1 is 1.34 bits per heavy atom. The molecule has 1 amide bonds. The number of carbonyl (C=O) groups is 1. The number of amides is 1. The van der Waals surface area contributed by atoms with E-state index in [1.165, 1.54) is 17.4 Å². The molecule has 4 atom stereocenters. The van der Waals surface area contributed by atoms with E-state index in [2.05, 4.69) is 48.8 Å². The van der Waals surface area contributed by atoms with Gasteiger partial charge in [-0.1, -0.05) is 25.1 Å². The molecule has 0 radical (unpaired) electrons. The van der Waals surface area contributed by atoms with Gasteiger partial charge >= 0.3 is 6.09 Å². The van der Waals surface area contributed by atoms with E-state index < -0.39 is 0 Å². The highest BCUT2D eigenvalue weighted by molar-refractivity contribution is 5.84. The molecule has 5 rings (SSSR count). The number of nitrogens with zero attached hydrogens (tertiary/aromatic N) is 2. The van der Waals surface area contributed by atoms with Crippen molar-refractivity contribution in [2.45, 2.75) is 38.7 Å². The Kier molecular flexibility index (Phi) is 6.38. The molecule has 3 unspecified atom stereocenters. The Labute approximate surface area is 207 Å². The molecular weight excluding hydrogens is 436 g/mol. The Morgan fingerprint density at radius 2 is 2.23 bits per heavy atom. The Balaban J connectivity index is 1.22. The maximum absolute atomic E-state index is 12.7. The molecule has 3 aromatic rings. The van der Waals surface area contributed by atoms with Gasteiger partial charge in [0.2, 0.25) is 0 Å². The van der Waals surface area contributed by atoms with Gasteiger partial charge in [-0.05, 0) is 90.1 Å². The minimum Gasteiger partial charge on any atom is -0.497 e. The fraction of sp³-hybridized carbons (Fsp3) is 0.400. The van der Waals surface area contributed by atoms with Crippen LogP contribution in [-0.2, 0) is 11.3 Å². The number of methoxy groups -OCH3 is 1. The van der Waals surface area contributed by atoms with E-state index in [1.54, 1.807) is 19.2 Å². The summed E-state index contributed by atoms with van der Waals surface area (Å²) in [6, 6.07) is 19.4. The highest BCUT2D eigenvalue weighted by Crippen LogP contribution is 2.65. The van der Waals surface area contributed by atoms with Crippen LogP contribution in [-0.4, -0.2) is 36.2 Å². The first-order valence-corrected chi connectivity index (χ1v) is 12.4. The molecule has 0 bridgehead atoms. The molecule has 35 heavy (non-hydrogen) atoms. The summed E-state index contributed by atoms with van der Waals surface area (Å²) in [5, 5.41) is 1.17. The molecule has 1 aliphatic heterocycles. The third-order valence-corrected chi connectivity index (χ3v) is 8.06. The molecule has 2 heterocycles. The number of ether oxygens (including phenoxy) is 2. The topological polar surface area (TPSA) is 51.7 Å². The predicted molar refractivity (Wildman–Crippen MR) is 136 cm³/mol. The second-order valence-electron chi connectivity index (χ2n) is 9.99. The lowest BCUT2D eigenvalue weighted by molar-refractivity contribution is 0.0644. The van der Waals surface area contributed by atoms with Crippen molar-refractivity contribution in [1.29, 1.82) is 0 Å². The van der Waals surface area contributed by atoms with Crippen LogP contribution >= 0.6 is 0 Å². The van der Waals surface area contributed by atoms with Crippen molar-refractivity contribution in [2.75, 3.05) is 20.2 Å². The lowest BCUT2D eigenvalue weighted by atomic mass is 9.78. The smallest absolute Gasteiger partial charge is 0.410 e. The summed E-state index contributed by atoms with van der Waals surface area (Å²) in [6.07, 6.45) is 7.02. The van der Waals surface area contributed by atoms with Crippen molar-refractivity contribution in [2.24, 2.45) is 17.3 Å². The number of fused-ring (bicyclic) bond motifs is 1. The number of likely N-dealkylation sites (tertiary alicyclic amines) is 1. The van der Waals surface area contributed by atoms with Gasteiger partial charge in [0.05, 0.1) is 12.6 Å². The van der Waals surface area contributed by atoms with Crippen molar-refractivity contribution in [1.82, 2.24) is 9.88 Å². The van der Waals surface area contributed by atoms with Gasteiger partial charge in [-0.15, -0.1) is 6.58 Å². The number of hydrogen-bond acceptors (Lipinski definition) is 4. The van der Waals surface area contributed by atoms with Crippen LogP contribution in [0.25, 0.3) is 10.9 Å². The molecule has 1 aromatic heterocycles. The fourth-order valence-corrected chi connectivity index (χ4v) is 5.95. The van der Waals surface area contributed by atoms with E-state index >= 15 is 0 Å². The molecule has 2 aromatic carbocycles. The summed E-state index contributed by atoms with van der Waals surface area (Å²) in [5.41, 5.74) is 3.49. The van der Waals surface area contributed by atoms with Crippen molar-refractivity contribution >= 4 is 17.0 Å². The van der Waals surface area contributed by atoms with Gasteiger partial charge in [0.15, 0.2) is 0 Å². The van der Waals surface area contributed by atoms with Gasteiger partial charge in [0, 0.05) is 30.6 Å². The Morgan fingerprint density at radius 3 is 3.00 bits per heavy atom. The molecule has 0 N–H and O–H groups in total. The van der Waals surface area contributed by atoms with E-state index in [1.807, 2.05) is 29.3 Å². The lowest BCUT2D eigenvalue weighted by Gasteiger charge is -2.38. The molecule has 2 fully saturated rings. The molecule has 180 valence electrons. The van der Waals surface area contributed by atoms with Gasteiger partial charge in [-0.2, -0.15) is 0 Å². The normalized spacial score (nSPS) is 24.0. The van der Waals surface area contributed by atoms with E-state index in [0.29, 0.717) is 18.4 Å². The number of aromatic nitrogens is 1. The van der Waals surface area contributed by atoms with E-state index in [9.17, 15) is 4.79 Å². The van der Waals surface area contributed by atoms with E-state index in [-0.39, 0.29) is 24.0 Å². The van der Waals surface area contributed by atoms with Gasteiger partial charge in [-0.25, -0.2) is 4.79 Å². The zero-order chi connectivity index (χ0) is 24.4. The first kappa shape index (κ1) is 23.2. The second kappa shape index (κ2) is 9.62. The van der Waals surface area contributed by atoms with Crippen molar-refractivity contribution < 1.29 is 14.3 Å². The molecule has 1 saturated carbocycles. The van der Waals surface area contributed by atoms with Gasteiger partial charge < -0.3 is 14.4 Å². The van der Waals surface area contributed by atoms with Crippen molar-refractivity contribution in [3.8, 4) is 5.75 Å². The highest BCUT2D eigenvalue weighted by atomic mass is 16.6. The second-order valence-corrected chi connectivity index (χ2v) is 9.99. The average molecular weight is 469 g/mol. The van der Waals surface area contributed by atoms with Crippen LogP contribution in [0, 0.1) is 29.4 Å². The predicted octanol–water partition coefficient (Wildman–Crippen LogP) is 6.19. The van der Waals surface area contributed by atoms with Crippen LogP contribution < -0.4 is 4.74 Å². The van der Waals surface area contributed by atoms with Crippen LogP contribution in [0.1, 0.15) is 43.2 Å². The Bertz CT molecular complexity index is 1210. The summed E-state index contributed by atoms with van der Waals surface area (Å²) >= 11 is 0. The number of carbonyl (C=O) groups excluding carboxylic acids is 1. The van der Waals surface area contributed by atoms with Crippen LogP contribution in [0.4, 0.5) is 4.79 Å². The van der Waals surface area contributed by atoms with Crippen LogP contribution in [0.5, 0.6) is 5.75 Å². The maximum Gasteiger partial charge on any atom is 0.410 e. The average Bonchev–Trinajstić information content (AvgIpc) is 3.58.